The molecule has 0 amide bonds. The molecule has 100 valence electrons. The van der Waals surface area contributed by atoms with Gasteiger partial charge >= 0.3 is 0 Å². The molecule has 0 heterocycles. The molecule has 0 atom stereocenters. The molecule has 0 aliphatic heterocycles. The minimum absolute atomic E-state index is 0.263. The van der Waals surface area contributed by atoms with Gasteiger partial charge in [0, 0.05) is 28.1 Å². The second-order valence-corrected chi connectivity index (χ2v) is 5.37. The second-order valence-electron chi connectivity index (χ2n) is 4.08. The van der Waals surface area contributed by atoms with Crippen LogP contribution < -0.4 is 5.32 Å². The highest BCUT2D eigenvalue weighted by molar-refractivity contribution is 9.10. The zero-order valence-corrected chi connectivity index (χ0v) is 12.2. The van der Waals surface area contributed by atoms with Gasteiger partial charge in [-0.05, 0) is 35.9 Å². The predicted molar refractivity (Wildman–Crippen MR) is 76.1 cm³/mol. The summed E-state index contributed by atoms with van der Waals surface area (Å²) in [7, 11) is 0. The van der Waals surface area contributed by atoms with E-state index in [0.29, 0.717) is 17.1 Å². The van der Waals surface area contributed by atoms with Crippen molar-refractivity contribution >= 4 is 27.5 Å². The third kappa shape index (κ3) is 4.00. The summed E-state index contributed by atoms with van der Waals surface area (Å²) < 4.78 is 27.3. The van der Waals surface area contributed by atoms with Gasteiger partial charge in [0.05, 0.1) is 0 Å². The third-order valence-electron chi connectivity index (χ3n) is 2.65. The third-order valence-corrected chi connectivity index (χ3v) is 3.63. The molecular weight excluding hydrogens is 336 g/mol. The minimum atomic E-state index is -0.439. The van der Waals surface area contributed by atoms with E-state index in [-0.39, 0.29) is 6.54 Å². The largest absolute Gasteiger partial charge is 0.308 e. The fourth-order valence-corrected chi connectivity index (χ4v) is 2.50. The molecule has 0 aliphatic rings. The smallest absolute Gasteiger partial charge is 0.127 e. The summed E-state index contributed by atoms with van der Waals surface area (Å²) in [5, 5.41) is 3.71. The summed E-state index contributed by atoms with van der Waals surface area (Å²) in [5.41, 5.74) is 1.31. The number of hydrogen-bond donors (Lipinski definition) is 1. The Balaban J connectivity index is 1.98. The highest BCUT2D eigenvalue weighted by Gasteiger charge is 2.05. The van der Waals surface area contributed by atoms with Crippen molar-refractivity contribution in [3.8, 4) is 0 Å². The monoisotopic (exact) mass is 345 g/mol. The van der Waals surface area contributed by atoms with Crippen molar-refractivity contribution in [2.45, 2.75) is 13.1 Å². The van der Waals surface area contributed by atoms with E-state index < -0.39 is 11.6 Å². The van der Waals surface area contributed by atoms with Gasteiger partial charge in [-0.1, -0.05) is 33.6 Å². The van der Waals surface area contributed by atoms with Crippen LogP contribution in [0.3, 0.4) is 0 Å². The van der Waals surface area contributed by atoms with E-state index in [9.17, 15) is 8.78 Å². The number of halogens is 4. The summed E-state index contributed by atoms with van der Waals surface area (Å²) in [4.78, 5) is 0. The molecule has 1 N–H and O–H groups in total. The van der Waals surface area contributed by atoms with Crippen LogP contribution in [0.25, 0.3) is 0 Å². The van der Waals surface area contributed by atoms with Gasteiger partial charge < -0.3 is 5.32 Å². The fraction of sp³-hybridized carbons (Fsp3) is 0.143. The zero-order chi connectivity index (χ0) is 13.8. The van der Waals surface area contributed by atoms with Crippen LogP contribution in [0.1, 0.15) is 11.1 Å². The predicted octanol–water partition coefficient (Wildman–Crippen LogP) is 4.67. The minimum Gasteiger partial charge on any atom is -0.308 e. The molecule has 1 nitrogen and oxygen atoms in total. The number of hydrogen-bond acceptors (Lipinski definition) is 1. The Hall–Kier alpha value is -0.970. The van der Waals surface area contributed by atoms with Crippen molar-refractivity contribution in [1.82, 2.24) is 5.32 Å². The number of rotatable bonds is 4. The van der Waals surface area contributed by atoms with Crippen LogP contribution in [-0.2, 0) is 13.1 Å². The Morgan fingerprint density at radius 3 is 2.47 bits per heavy atom. The normalized spacial score (nSPS) is 10.7. The molecule has 0 saturated carbocycles. The molecule has 2 aromatic rings. The maximum atomic E-state index is 13.4. The van der Waals surface area contributed by atoms with E-state index in [4.69, 9.17) is 11.6 Å². The number of nitrogens with one attached hydrogen (secondary N) is 1. The van der Waals surface area contributed by atoms with Crippen LogP contribution in [0.4, 0.5) is 8.78 Å². The first-order chi connectivity index (χ1) is 9.06. The molecule has 0 radical (unpaired) electrons. The molecule has 0 aliphatic carbocycles. The van der Waals surface area contributed by atoms with Gasteiger partial charge in [0.2, 0.25) is 0 Å². The van der Waals surface area contributed by atoms with Crippen molar-refractivity contribution in [1.29, 1.82) is 0 Å². The molecule has 0 fully saturated rings. The average Bonchev–Trinajstić information content (AvgIpc) is 2.36. The molecule has 0 unspecified atom stereocenters. The Labute approximate surface area is 123 Å². The first-order valence-electron chi connectivity index (χ1n) is 5.65. The van der Waals surface area contributed by atoms with E-state index in [1.54, 1.807) is 12.1 Å². The van der Waals surface area contributed by atoms with E-state index in [0.717, 1.165) is 22.2 Å². The maximum Gasteiger partial charge on any atom is 0.127 e. The lowest BCUT2D eigenvalue weighted by molar-refractivity contribution is 0.568. The summed E-state index contributed by atoms with van der Waals surface area (Å²) in [6, 6.07) is 8.88. The first-order valence-corrected chi connectivity index (χ1v) is 6.82. The lowest BCUT2D eigenvalue weighted by Crippen LogP contribution is -2.14. The molecule has 5 heteroatoms. The molecular formula is C14H11BrClF2N. The Morgan fingerprint density at radius 2 is 1.74 bits per heavy atom. The van der Waals surface area contributed by atoms with Gasteiger partial charge in [0.15, 0.2) is 0 Å². The van der Waals surface area contributed by atoms with Gasteiger partial charge in [-0.2, -0.15) is 0 Å². The second kappa shape index (κ2) is 6.46. The van der Waals surface area contributed by atoms with Gasteiger partial charge in [0.25, 0.3) is 0 Å². The van der Waals surface area contributed by atoms with Gasteiger partial charge in [-0.25, -0.2) is 8.78 Å². The van der Waals surface area contributed by atoms with E-state index in [1.807, 2.05) is 6.07 Å². The quantitative estimate of drug-likeness (QED) is 0.848. The molecule has 0 aromatic heterocycles. The Morgan fingerprint density at radius 1 is 1.00 bits per heavy atom. The fourth-order valence-electron chi connectivity index (χ4n) is 1.68. The molecule has 19 heavy (non-hydrogen) atoms. The van der Waals surface area contributed by atoms with E-state index >= 15 is 0 Å². The van der Waals surface area contributed by atoms with Crippen molar-refractivity contribution in [3.63, 3.8) is 0 Å². The zero-order valence-electron chi connectivity index (χ0n) is 9.89. The average molecular weight is 347 g/mol. The summed E-state index contributed by atoms with van der Waals surface area (Å²) >= 11 is 9.24. The highest BCUT2D eigenvalue weighted by atomic mass is 79.9. The summed E-state index contributed by atoms with van der Waals surface area (Å²) in [5.74, 6) is -0.852. The molecule has 0 spiro atoms. The lowest BCUT2D eigenvalue weighted by atomic mass is 10.2. The van der Waals surface area contributed by atoms with Gasteiger partial charge in [-0.15, -0.1) is 0 Å². The van der Waals surface area contributed by atoms with Gasteiger partial charge in [-0.3, -0.25) is 0 Å². The summed E-state index contributed by atoms with van der Waals surface area (Å²) in [6.45, 7) is 0.798. The van der Waals surface area contributed by atoms with Crippen molar-refractivity contribution in [2.24, 2.45) is 0 Å². The van der Waals surface area contributed by atoms with Crippen LogP contribution in [0.2, 0.25) is 5.02 Å². The molecule has 0 bridgehead atoms. The molecule has 2 aromatic carbocycles. The molecule has 0 saturated heterocycles. The van der Waals surface area contributed by atoms with Crippen LogP contribution in [0.5, 0.6) is 0 Å². The van der Waals surface area contributed by atoms with Crippen LogP contribution in [0.15, 0.2) is 40.9 Å². The number of benzene rings is 2. The Bertz CT molecular complexity index is 590. The van der Waals surface area contributed by atoms with Crippen molar-refractivity contribution in [3.05, 3.63) is 68.7 Å². The standard InChI is InChI=1S/C14H11BrClF2N/c15-13-6-11(16)2-1-9(13)7-19-8-10-5-12(17)3-4-14(10)18/h1-6,19H,7-8H2. The van der Waals surface area contributed by atoms with Crippen molar-refractivity contribution < 1.29 is 8.78 Å². The Kier molecular flexibility index (Phi) is 4.91. The van der Waals surface area contributed by atoms with Crippen LogP contribution in [0, 0.1) is 11.6 Å². The van der Waals surface area contributed by atoms with Crippen LogP contribution in [-0.4, -0.2) is 0 Å². The lowest BCUT2D eigenvalue weighted by Gasteiger charge is -2.08. The van der Waals surface area contributed by atoms with E-state index in [1.165, 1.54) is 6.07 Å². The highest BCUT2D eigenvalue weighted by Crippen LogP contribution is 2.21. The van der Waals surface area contributed by atoms with Crippen LogP contribution >= 0.6 is 27.5 Å². The van der Waals surface area contributed by atoms with E-state index in [2.05, 4.69) is 21.2 Å². The maximum absolute atomic E-state index is 13.4. The van der Waals surface area contributed by atoms with Crippen molar-refractivity contribution in [2.75, 3.05) is 0 Å². The SMILES string of the molecule is Fc1ccc(F)c(CNCc2ccc(Cl)cc2Br)c1. The summed E-state index contributed by atoms with van der Waals surface area (Å²) in [6.07, 6.45) is 0. The van der Waals surface area contributed by atoms with Gasteiger partial charge in [0.1, 0.15) is 11.6 Å². The topological polar surface area (TPSA) is 12.0 Å². The molecule has 2 rings (SSSR count). The first kappa shape index (κ1) is 14.4.